The summed E-state index contributed by atoms with van der Waals surface area (Å²) < 4.78 is 30.3. The Morgan fingerprint density at radius 2 is 1.68 bits per heavy atom. The third-order valence-electron chi connectivity index (χ3n) is 13.8. The number of carbonyl (C=O) groups excluding carboxylic acids is 4. The van der Waals surface area contributed by atoms with E-state index in [4.69, 9.17) is 23.7 Å². The lowest BCUT2D eigenvalue weighted by Crippen LogP contribution is -2.64. The van der Waals surface area contributed by atoms with Gasteiger partial charge in [0.15, 0.2) is 0 Å². The summed E-state index contributed by atoms with van der Waals surface area (Å²) in [5, 5.41) is 23.6. The average molecular weight is 842 g/mol. The Morgan fingerprint density at radius 1 is 0.983 bits per heavy atom. The van der Waals surface area contributed by atoms with E-state index in [-0.39, 0.29) is 48.8 Å². The smallest absolute Gasteiger partial charge is 0.329 e. The maximum Gasteiger partial charge on any atom is 0.329 e. The maximum absolute atomic E-state index is 14.4. The number of methoxy groups -OCH3 is 3. The van der Waals surface area contributed by atoms with Crippen molar-refractivity contribution in [3.63, 3.8) is 0 Å². The van der Waals surface area contributed by atoms with E-state index in [1.165, 1.54) is 4.90 Å². The summed E-state index contributed by atoms with van der Waals surface area (Å²) in [7, 11) is 4.71. The molecule has 4 aliphatic rings. The lowest BCUT2D eigenvalue weighted by molar-refractivity contribution is -0.302. The Labute approximate surface area is 359 Å². The molecule has 0 aromatic rings. The van der Waals surface area contributed by atoms with E-state index in [0.29, 0.717) is 70.6 Å². The van der Waals surface area contributed by atoms with Crippen LogP contribution in [0.3, 0.4) is 0 Å². The molecule has 2 N–H and O–H groups in total. The SMILES string of the molecule is C=CC=CCC1(O)CCC(C=C(C)C2OC(=O)C3CCCCN3C(=O)C(=O)C3(O)OC(C(OC)CC(C)C/C(C)=C/C(CC)C(=O)CCC2C)C(OC)CC3C)CC1OC. The minimum Gasteiger partial charge on any atom is -0.456 e. The van der Waals surface area contributed by atoms with Gasteiger partial charge in [0.2, 0.25) is 5.79 Å². The molecule has 12 nitrogen and oxygen atoms in total. The normalized spacial score (nSPS) is 39.6. The van der Waals surface area contributed by atoms with Crippen LogP contribution in [0.25, 0.3) is 0 Å². The number of esters is 1. The van der Waals surface area contributed by atoms with Crippen LogP contribution in [0.2, 0.25) is 0 Å². The van der Waals surface area contributed by atoms with E-state index in [0.717, 1.165) is 11.1 Å². The first kappa shape index (κ1) is 49.7. The number of amides is 1. The molecule has 2 saturated heterocycles. The van der Waals surface area contributed by atoms with Gasteiger partial charge in [-0.3, -0.25) is 14.4 Å². The first-order chi connectivity index (χ1) is 28.5. The molecule has 0 radical (unpaired) electrons. The molecule has 1 aliphatic carbocycles. The highest BCUT2D eigenvalue weighted by molar-refractivity contribution is 6.39. The number of cyclic esters (lactones) is 1. The van der Waals surface area contributed by atoms with Gasteiger partial charge in [-0.15, -0.1) is 0 Å². The van der Waals surface area contributed by atoms with Crippen molar-refractivity contribution in [2.24, 2.45) is 29.6 Å². The second kappa shape index (κ2) is 22.4. The summed E-state index contributed by atoms with van der Waals surface area (Å²) >= 11 is 0. The zero-order chi connectivity index (χ0) is 44.4. The number of piperidine rings is 1. The Hall–Kier alpha value is -3.00. The zero-order valence-corrected chi connectivity index (χ0v) is 37.9. The van der Waals surface area contributed by atoms with Crippen molar-refractivity contribution in [1.29, 1.82) is 0 Å². The van der Waals surface area contributed by atoms with Crippen molar-refractivity contribution in [2.45, 2.75) is 173 Å². The van der Waals surface area contributed by atoms with Gasteiger partial charge in [-0.25, -0.2) is 4.79 Å². The first-order valence-corrected chi connectivity index (χ1v) is 22.4. The molecule has 3 heterocycles. The molecule has 3 aliphatic heterocycles. The first-order valence-electron chi connectivity index (χ1n) is 22.4. The van der Waals surface area contributed by atoms with Crippen LogP contribution < -0.4 is 0 Å². The van der Waals surface area contributed by atoms with Gasteiger partial charge in [-0.1, -0.05) is 70.2 Å². The number of ether oxygens (including phenoxy) is 5. The topological polar surface area (TPSA) is 158 Å². The summed E-state index contributed by atoms with van der Waals surface area (Å²) in [5.41, 5.74) is 0.859. The van der Waals surface area contributed by atoms with Crippen molar-refractivity contribution < 1.29 is 53.1 Å². The fourth-order valence-electron chi connectivity index (χ4n) is 10.1. The maximum atomic E-state index is 14.4. The van der Waals surface area contributed by atoms with E-state index in [1.807, 2.05) is 39.8 Å². The highest BCUT2D eigenvalue weighted by Gasteiger charge is 2.56. The third-order valence-corrected chi connectivity index (χ3v) is 13.8. The Balaban J connectivity index is 1.72. The number of rotatable bonds is 9. The van der Waals surface area contributed by atoms with E-state index in [2.05, 4.69) is 25.7 Å². The minimum absolute atomic E-state index is 0.0269. The number of hydrogen-bond acceptors (Lipinski definition) is 11. The molecule has 338 valence electrons. The Kier molecular flexibility index (Phi) is 18.5. The lowest BCUT2D eigenvalue weighted by Gasteiger charge is -2.47. The van der Waals surface area contributed by atoms with E-state index >= 15 is 0 Å². The number of allylic oxidation sites excluding steroid dienone is 5. The molecule has 0 aromatic carbocycles. The summed E-state index contributed by atoms with van der Waals surface area (Å²) in [5.74, 6) is -6.34. The molecular formula is C48H75NO11. The van der Waals surface area contributed by atoms with Crippen LogP contribution in [-0.4, -0.2) is 114 Å². The quantitative estimate of drug-likeness (QED) is 0.107. The van der Waals surface area contributed by atoms with Gasteiger partial charge in [0, 0.05) is 46.1 Å². The summed E-state index contributed by atoms with van der Waals surface area (Å²) in [6.07, 6.45) is 13.0. The van der Waals surface area contributed by atoms with Gasteiger partial charge >= 0.3 is 5.97 Å². The van der Waals surface area contributed by atoms with Crippen LogP contribution in [0.4, 0.5) is 0 Å². The van der Waals surface area contributed by atoms with Gasteiger partial charge in [0.05, 0.1) is 23.9 Å². The van der Waals surface area contributed by atoms with Crippen molar-refractivity contribution >= 4 is 23.4 Å². The molecule has 1 saturated carbocycles. The minimum atomic E-state index is -2.48. The largest absolute Gasteiger partial charge is 0.456 e. The predicted molar refractivity (Wildman–Crippen MR) is 230 cm³/mol. The molecule has 2 bridgehead atoms. The molecule has 3 fully saturated rings. The standard InChI is InChI=1S/C48H75NO11/c1-11-13-15-21-47(54)22-20-35(29-41(47)58-10)27-33(6)42-32(5)18-19-38(50)36(12-2)25-30(3)24-31(4)26-39(56-8)43-40(57-9)28-34(7)48(55,60-43)44(51)45(52)49-23-16-14-17-37(49)46(53)59-42/h11,13,15,25,27,31-32,34-37,39-43,54-55H,1,12,14,16-24,26,28-29H2,2-10H3/b15-13?,30-25+,33-27?. The number of nitrogens with zero attached hydrogens (tertiary/aromatic N) is 1. The summed E-state index contributed by atoms with van der Waals surface area (Å²) in [4.78, 5) is 58.1. The molecule has 13 atom stereocenters. The molecule has 0 aromatic heterocycles. The fourth-order valence-corrected chi connectivity index (χ4v) is 10.1. The van der Waals surface area contributed by atoms with Crippen molar-refractivity contribution in [3.8, 4) is 0 Å². The fraction of sp³-hybridized carbons (Fsp3) is 0.750. The van der Waals surface area contributed by atoms with E-state index in [9.17, 15) is 29.4 Å². The molecule has 4 rings (SSSR count). The molecule has 60 heavy (non-hydrogen) atoms. The summed E-state index contributed by atoms with van der Waals surface area (Å²) in [6, 6.07) is -1.06. The number of ketones is 2. The molecule has 0 spiro atoms. The van der Waals surface area contributed by atoms with Gasteiger partial charge in [0.25, 0.3) is 11.7 Å². The number of fused-ring (bicyclic) bond motifs is 3. The third kappa shape index (κ3) is 11.9. The van der Waals surface area contributed by atoms with Crippen molar-refractivity contribution in [3.05, 3.63) is 48.1 Å². The molecule has 1 amide bonds. The van der Waals surface area contributed by atoms with Gasteiger partial charge in [-0.05, 0) is 114 Å². The van der Waals surface area contributed by atoms with Gasteiger partial charge in [0.1, 0.15) is 24.0 Å². The van der Waals surface area contributed by atoms with Gasteiger partial charge in [-0.2, -0.15) is 0 Å². The predicted octanol–water partition coefficient (Wildman–Crippen LogP) is 7.00. The van der Waals surface area contributed by atoms with Crippen LogP contribution in [-0.2, 0) is 42.9 Å². The highest BCUT2D eigenvalue weighted by Crippen LogP contribution is 2.40. The molecule has 13 unspecified atom stereocenters. The van der Waals surface area contributed by atoms with Crippen LogP contribution in [0, 0.1) is 29.6 Å². The second-order valence-electron chi connectivity index (χ2n) is 18.4. The number of carbonyl (C=O) groups is 4. The van der Waals surface area contributed by atoms with Crippen LogP contribution >= 0.6 is 0 Å². The average Bonchev–Trinajstić information content (AvgIpc) is 3.23. The van der Waals surface area contributed by atoms with E-state index < -0.39 is 71.5 Å². The van der Waals surface area contributed by atoms with Crippen molar-refractivity contribution in [2.75, 3.05) is 27.9 Å². The van der Waals surface area contributed by atoms with Crippen LogP contribution in [0.15, 0.2) is 48.1 Å². The van der Waals surface area contributed by atoms with Crippen LogP contribution in [0.1, 0.15) is 125 Å². The number of hydrogen-bond donors (Lipinski definition) is 2. The van der Waals surface area contributed by atoms with E-state index in [1.54, 1.807) is 34.3 Å². The molecular weight excluding hydrogens is 767 g/mol. The second-order valence-corrected chi connectivity index (χ2v) is 18.4. The lowest BCUT2D eigenvalue weighted by atomic mass is 9.74. The highest BCUT2D eigenvalue weighted by atomic mass is 16.7. The summed E-state index contributed by atoms with van der Waals surface area (Å²) in [6.45, 7) is 15.6. The molecule has 12 heteroatoms. The number of Topliss-reactive ketones (excluding diaryl/α,β-unsaturated/α-hetero) is 2. The Morgan fingerprint density at radius 3 is 2.33 bits per heavy atom. The van der Waals surface area contributed by atoms with Gasteiger partial charge < -0.3 is 38.8 Å². The zero-order valence-electron chi connectivity index (χ0n) is 37.9. The van der Waals surface area contributed by atoms with Crippen molar-refractivity contribution in [1.82, 2.24) is 4.90 Å². The number of aliphatic hydroxyl groups is 2. The Bertz CT molecular complexity index is 1590. The monoisotopic (exact) mass is 842 g/mol. The van der Waals surface area contributed by atoms with Crippen LogP contribution in [0.5, 0.6) is 0 Å².